The zero-order chi connectivity index (χ0) is 16.2. The van der Waals surface area contributed by atoms with Gasteiger partial charge in [-0.1, -0.05) is 46.3 Å². The topological polar surface area (TPSA) is 63.9 Å². The van der Waals surface area contributed by atoms with Crippen LogP contribution in [0.3, 0.4) is 0 Å². The Bertz CT molecular complexity index is 819. The molecule has 0 aliphatic rings. The Hall–Kier alpha value is -2.54. The zero-order valence-electron chi connectivity index (χ0n) is 12.4. The predicted molar refractivity (Wildman–Crippen MR) is 89.1 cm³/mol. The summed E-state index contributed by atoms with van der Waals surface area (Å²) in [5.41, 5.74) is 2.25. The molecule has 7 heteroatoms. The van der Waals surface area contributed by atoms with Crippen LogP contribution in [0.4, 0.5) is 0 Å². The molecular formula is C16H14BrN5O. The second-order valence-corrected chi connectivity index (χ2v) is 5.88. The number of tetrazole rings is 1. The molecule has 0 bridgehead atoms. The molecule has 1 amide bonds. The molecule has 3 rings (SSSR count). The highest BCUT2D eigenvalue weighted by Gasteiger charge is 2.18. The van der Waals surface area contributed by atoms with Gasteiger partial charge in [0.15, 0.2) is 0 Å². The van der Waals surface area contributed by atoms with Crippen molar-refractivity contribution in [2.45, 2.75) is 6.54 Å². The maximum atomic E-state index is 12.8. The Morgan fingerprint density at radius 1 is 1.17 bits per heavy atom. The van der Waals surface area contributed by atoms with Crippen molar-refractivity contribution in [3.8, 4) is 5.69 Å². The van der Waals surface area contributed by atoms with E-state index in [1.807, 2.05) is 42.5 Å². The van der Waals surface area contributed by atoms with Gasteiger partial charge in [0, 0.05) is 18.1 Å². The molecule has 0 spiro atoms. The molecule has 0 unspecified atom stereocenters. The van der Waals surface area contributed by atoms with Crippen LogP contribution in [0.15, 0.2) is 59.3 Å². The average Bonchev–Trinajstić information content (AvgIpc) is 3.10. The molecule has 6 nitrogen and oxygen atoms in total. The summed E-state index contributed by atoms with van der Waals surface area (Å²) in [6.07, 6.45) is 1.47. The molecule has 0 saturated carbocycles. The van der Waals surface area contributed by atoms with Gasteiger partial charge in [-0.25, -0.2) is 0 Å². The summed E-state index contributed by atoms with van der Waals surface area (Å²) in [6, 6.07) is 15.1. The van der Waals surface area contributed by atoms with Crippen molar-refractivity contribution in [3.63, 3.8) is 0 Å². The second kappa shape index (κ2) is 6.70. The predicted octanol–water partition coefficient (Wildman–Crippen LogP) is 2.70. The van der Waals surface area contributed by atoms with Gasteiger partial charge in [0.25, 0.3) is 5.91 Å². The van der Waals surface area contributed by atoms with Crippen molar-refractivity contribution in [1.29, 1.82) is 0 Å². The SMILES string of the molecule is CN(Cc1ccccc1Br)C(=O)c1ccccc1-n1cnnn1. The van der Waals surface area contributed by atoms with E-state index in [0.717, 1.165) is 10.0 Å². The summed E-state index contributed by atoms with van der Waals surface area (Å²) in [6.45, 7) is 0.504. The molecule has 116 valence electrons. The number of benzene rings is 2. The maximum absolute atomic E-state index is 12.8. The fourth-order valence-electron chi connectivity index (χ4n) is 2.29. The fraction of sp³-hybridized carbons (Fsp3) is 0.125. The van der Waals surface area contributed by atoms with E-state index >= 15 is 0 Å². The van der Waals surface area contributed by atoms with E-state index in [1.165, 1.54) is 11.0 Å². The molecule has 2 aromatic carbocycles. The Kier molecular flexibility index (Phi) is 4.47. The largest absolute Gasteiger partial charge is 0.337 e. The number of amides is 1. The van der Waals surface area contributed by atoms with Gasteiger partial charge in [-0.15, -0.1) is 5.10 Å². The fourth-order valence-corrected chi connectivity index (χ4v) is 2.70. The van der Waals surface area contributed by atoms with Gasteiger partial charge in [0.1, 0.15) is 6.33 Å². The summed E-state index contributed by atoms with van der Waals surface area (Å²) in [4.78, 5) is 14.5. The van der Waals surface area contributed by atoms with Crippen LogP contribution < -0.4 is 0 Å². The van der Waals surface area contributed by atoms with Crippen LogP contribution in [0.5, 0.6) is 0 Å². The standard InChI is InChI=1S/C16H14BrN5O/c1-21(10-12-6-2-4-8-14(12)17)16(23)13-7-3-5-9-15(13)22-11-18-19-20-22/h2-9,11H,10H2,1H3. The van der Waals surface area contributed by atoms with Crippen molar-refractivity contribution in [2.75, 3.05) is 7.05 Å². The van der Waals surface area contributed by atoms with Crippen LogP contribution in [0.1, 0.15) is 15.9 Å². The van der Waals surface area contributed by atoms with Crippen LogP contribution in [-0.2, 0) is 6.54 Å². The van der Waals surface area contributed by atoms with Crippen molar-refractivity contribution < 1.29 is 4.79 Å². The Balaban J connectivity index is 1.88. The maximum Gasteiger partial charge on any atom is 0.256 e. The molecule has 0 saturated heterocycles. The lowest BCUT2D eigenvalue weighted by Gasteiger charge is -2.19. The van der Waals surface area contributed by atoms with Crippen LogP contribution in [0, 0.1) is 0 Å². The Morgan fingerprint density at radius 3 is 2.65 bits per heavy atom. The van der Waals surface area contributed by atoms with Crippen molar-refractivity contribution >= 4 is 21.8 Å². The first kappa shape index (κ1) is 15.4. The molecule has 23 heavy (non-hydrogen) atoms. The third-order valence-corrected chi connectivity index (χ3v) is 4.22. The molecular weight excluding hydrogens is 358 g/mol. The third kappa shape index (κ3) is 3.29. The molecule has 1 heterocycles. The highest BCUT2D eigenvalue weighted by molar-refractivity contribution is 9.10. The number of hydrogen-bond donors (Lipinski definition) is 0. The summed E-state index contributed by atoms with van der Waals surface area (Å²) in [5, 5.41) is 11.1. The number of halogens is 1. The minimum absolute atomic E-state index is 0.0909. The lowest BCUT2D eigenvalue weighted by molar-refractivity contribution is 0.0784. The van der Waals surface area contributed by atoms with Gasteiger partial charge in [0.2, 0.25) is 0 Å². The molecule has 0 radical (unpaired) electrons. The number of carbonyl (C=O) groups excluding carboxylic acids is 1. The van der Waals surface area contributed by atoms with E-state index in [1.54, 1.807) is 18.0 Å². The smallest absolute Gasteiger partial charge is 0.256 e. The summed E-state index contributed by atoms with van der Waals surface area (Å²) < 4.78 is 2.47. The minimum atomic E-state index is -0.0909. The molecule has 0 atom stereocenters. The number of rotatable bonds is 4. The molecule has 1 aromatic heterocycles. The van der Waals surface area contributed by atoms with E-state index in [0.29, 0.717) is 17.8 Å². The van der Waals surface area contributed by atoms with Gasteiger partial charge in [-0.05, 0) is 34.2 Å². The number of carbonyl (C=O) groups is 1. The summed E-state index contributed by atoms with van der Waals surface area (Å²) in [5.74, 6) is -0.0909. The van der Waals surface area contributed by atoms with Gasteiger partial charge in [-0.2, -0.15) is 4.68 Å². The third-order valence-electron chi connectivity index (χ3n) is 3.44. The Morgan fingerprint density at radius 2 is 1.91 bits per heavy atom. The van der Waals surface area contributed by atoms with E-state index < -0.39 is 0 Å². The van der Waals surface area contributed by atoms with Gasteiger partial charge < -0.3 is 4.90 Å². The first-order valence-electron chi connectivity index (χ1n) is 6.98. The first-order valence-corrected chi connectivity index (χ1v) is 7.77. The molecule has 0 N–H and O–H groups in total. The van der Waals surface area contributed by atoms with Gasteiger partial charge in [-0.3, -0.25) is 4.79 Å². The summed E-state index contributed by atoms with van der Waals surface area (Å²) in [7, 11) is 1.78. The van der Waals surface area contributed by atoms with E-state index in [2.05, 4.69) is 31.5 Å². The first-order chi connectivity index (χ1) is 11.2. The quantitative estimate of drug-likeness (QED) is 0.707. The molecule has 0 aliphatic carbocycles. The van der Waals surface area contributed by atoms with Gasteiger partial charge in [0.05, 0.1) is 11.3 Å². The van der Waals surface area contributed by atoms with E-state index in [4.69, 9.17) is 0 Å². The molecule has 0 fully saturated rings. The van der Waals surface area contributed by atoms with Crippen molar-refractivity contribution in [3.05, 3.63) is 70.5 Å². The normalized spacial score (nSPS) is 10.5. The van der Waals surface area contributed by atoms with Crippen LogP contribution >= 0.6 is 15.9 Å². The number of hydrogen-bond acceptors (Lipinski definition) is 4. The molecule has 3 aromatic rings. The highest BCUT2D eigenvalue weighted by atomic mass is 79.9. The average molecular weight is 372 g/mol. The highest BCUT2D eigenvalue weighted by Crippen LogP contribution is 2.20. The number of aromatic nitrogens is 4. The lowest BCUT2D eigenvalue weighted by atomic mass is 10.1. The number of para-hydroxylation sites is 1. The van der Waals surface area contributed by atoms with Crippen molar-refractivity contribution in [1.82, 2.24) is 25.1 Å². The van der Waals surface area contributed by atoms with Crippen molar-refractivity contribution in [2.24, 2.45) is 0 Å². The lowest BCUT2D eigenvalue weighted by Crippen LogP contribution is -2.27. The van der Waals surface area contributed by atoms with Crippen LogP contribution in [0.2, 0.25) is 0 Å². The van der Waals surface area contributed by atoms with E-state index in [9.17, 15) is 4.79 Å². The monoisotopic (exact) mass is 371 g/mol. The summed E-state index contributed by atoms with van der Waals surface area (Å²) >= 11 is 3.51. The number of nitrogens with zero attached hydrogens (tertiary/aromatic N) is 5. The molecule has 0 aliphatic heterocycles. The zero-order valence-corrected chi connectivity index (χ0v) is 14.0. The van der Waals surface area contributed by atoms with Crippen LogP contribution in [-0.4, -0.2) is 38.1 Å². The Labute approximate surface area is 141 Å². The minimum Gasteiger partial charge on any atom is -0.337 e. The van der Waals surface area contributed by atoms with Gasteiger partial charge >= 0.3 is 0 Å². The van der Waals surface area contributed by atoms with E-state index in [-0.39, 0.29) is 5.91 Å². The second-order valence-electron chi connectivity index (χ2n) is 5.02. The van der Waals surface area contributed by atoms with Crippen LogP contribution in [0.25, 0.3) is 5.69 Å².